The number of anilines is 1. The molecule has 2 heterocycles. The molecule has 3 nitrogen and oxygen atoms in total. The monoisotopic (exact) mass is 315 g/mol. The van der Waals surface area contributed by atoms with Gasteiger partial charge in [0, 0.05) is 12.2 Å². The van der Waals surface area contributed by atoms with Gasteiger partial charge < -0.3 is 16.4 Å². The Morgan fingerprint density at radius 1 is 1.23 bits per heavy atom. The Balaban J connectivity index is 1.73. The number of nitrogens with two attached hydrogens (primary N) is 1. The van der Waals surface area contributed by atoms with E-state index < -0.39 is 0 Å². The average Bonchev–Trinajstić information content (AvgIpc) is 3.16. The number of nitrogens with one attached hydrogen (secondary N) is 2. The van der Waals surface area contributed by atoms with Crippen molar-refractivity contribution in [3.05, 3.63) is 40.6 Å². The highest BCUT2D eigenvalue weighted by Gasteiger charge is 2.34. The molecular formula is C18H25N3S. The second-order valence-electron chi connectivity index (χ2n) is 6.20. The molecule has 22 heavy (non-hydrogen) atoms. The van der Waals surface area contributed by atoms with E-state index >= 15 is 0 Å². The molecule has 2 aromatic rings. The highest BCUT2D eigenvalue weighted by molar-refractivity contribution is 7.08. The third kappa shape index (κ3) is 3.19. The van der Waals surface area contributed by atoms with Crippen LogP contribution in [0.5, 0.6) is 0 Å². The summed E-state index contributed by atoms with van der Waals surface area (Å²) in [5.74, 6) is 0. The van der Waals surface area contributed by atoms with Gasteiger partial charge in [-0.2, -0.15) is 11.3 Å². The normalized spacial score (nSPS) is 19.9. The number of hydrogen-bond donors (Lipinski definition) is 3. The maximum atomic E-state index is 6.73. The molecule has 0 saturated heterocycles. The number of rotatable bonds is 7. The summed E-state index contributed by atoms with van der Waals surface area (Å²) in [6.45, 7) is 1.94. The molecule has 0 radical (unpaired) electrons. The van der Waals surface area contributed by atoms with Gasteiger partial charge in [0.25, 0.3) is 0 Å². The predicted molar refractivity (Wildman–Crippen MR) is 96.5 cm³/mol. The first-order valence-electron chi connectivity index (χ1n) is 8.07. The molecule has 0 fully saturated rings. The molecule has 1 unspecified atom stereocenters. The molecule has 0 saturated carbocycles. The Labute approximate surface area is 136 Å². The number of thiophene rings is 1. The van der Waals surface area contributed by atoms with Gasteiger partial charge in [0.1, 0.15) is 0 Å². The van der Waals surface area contributed by atoms with Crippen LogP contribution < -0.4 is 16.4 Å². The van der Waals surface area contributed by atoms with Gasteiger partial charge in [-0.15, -0.1) is 0 Å². The lowest BCUT2D eigenvalue weighted by Crippen LogP contribution is -2.38. The Kier molecular flexibility index (Phi) is 4.81. The van der Waals surface area contributed by atoms with E-state index in [1.165, 1.54) is 41.6 Å². The van der Waals surface area contributed by atoms with E-state index in [9.17, 15) is 0 Å². The van der Waals surface area contributed by atoms with Crippen molar-refractivity contribution >= 4 is 17.0 Å². The summed E-state index contributed by atoms with van der Waals surface area (Å²) in [7, 11) is 2.01. The summed E-state index contributed by atoms with van der Waals surface area (Å²) in [4.78, 5) is 0. The van der Waals surface area contributed by atoms with E-state index in [-0.39, 0.29) is 5.54 Å². The van der Waals surface area contributed by atoms with Crippen LogP contribution in [0.4, 0.5) is 5.69 Å². The molecule has 0 aliphatic carbocycles. The second kappa shape index (κ2) is 6.82. The van der Waals surface area contributed by atoms with Crippen LogP contribution in [0.1, 0.15) is 31.2 Å². The van der Waals surface area contributed by atoms with Gasteiger partial charge in [0.15, 0.2) is 0 Å². The van der Waals surface area contributed by atoms with E-state index in [0.717, 1.165) is 19.5 Å². The number of benzene rings is 1. The average molecular weight is 315 g/mol. The molecule has 4 heteroatoms. The maximum absolute atomic E-state index is 6.73. The van der Waals surface area contributed by atoms with Crippen LogP contribution in [0, 0.1) is 0 Å². The van der Waals surface area contributed by atoms with Crippen molar-refractivity contribution in [3.63, 3.8) is 0 Å². The molecule has 1 aromatic carbocycles. The molecule has 1 atom stereocenters. The molecule has 4 N–H and O–H groups in total. The van der Waals surface area contributed by atoms with Crippen molar-refractivity contribution in [1.82, 2.24) is 5.32 Å². The molecule has 0 spiro atoms. The highest BCUT2D eigenvalue weighted by atomic mass is 32.1. The molecule has 1 aromatic heterocycles. The lowest BCUT2D eigenvalue weighted by molar-refractivity contribution is 0.423. The fourth-order valence-corrected chi connectivity index (χ4v) is 3.87. The van der Waals surface area contributed by atoms with E-state index in [2.05, 4.69) is 45.7 Å². The zero-order valence-electron chi connectivity index (χ0n) is 13.2. The molecule has 0 bridgehead atoms. The van der Waals surface area contributed by atoms with Gasteiger partial charge in [-0.05, 0) is 72.1 Å². The lowest BCUT2D eigenvalue weighted by Gasteiger charge is -2.24. The van der Waals surface area contributed by atoms with Crippen molar-refractivity contribution < 1.29 is 0 Å². The van der Waals surface area contributed by atoms with Crippen molar-refractivity contribution in [3.8, 4) is 11.1 Å². The molecular weight excluding hydrogens is 290 g/mol. The minimum Gasteiger partial charge on any atom is -0.383 e. The molecule has 3 rings (SSSR count). The SMILES string of the molecule is CNCCCCCC1(N)CNc2ccc(-c3ccsc3)cc21. The van der Waals surface area contributed by atoms with Gasteiger partial charge >= 0.3 is 0 Å². The van der Waals surface area contributed by atoms with E-state index in [1.807, 2.05) is 7.05 Å². The van der Waals surface area contributed by atoms with Crippen LogP contribution in [0.15, 0.2) is 35.0 Å². The third-order valence-electron chi connectivity index (χ3n) is 4.55. The van der Waals surface area contributed by atoms with Crippen molar-refractivity contribution in [1.29, 1.82) is 0 Å². The molecule has 118 valence electrons. The summed E-state index contributed by atoms with van der Waals surface area (Å²) in [5, 5.41) is 11.0. The fraction of sp³-hybridized carbons (Fsp3) is 0.444. The smallest absolute Gasteiger partial charge is 0.0605 e. The maximum Gasteiger partial charge on any atom is 0.0605 e. The number of unbranched alkanes of at least 4 members (excludes halogenated alkanes) is 2. The van der Waals surface area contributed by atoms with Gasteiger partial charge in [0.05, 0.1) is 5.54 Å². The van der Waals surface area contributed by atoms with Gasteiger partial charge in [-0.1, -0.05) is 18.9 Å². The van der Waals surface area contributed by atoms with Crippen LogP contribution >= 0.6 is 11.3 Å². The van der Waals surface area contributed by atoms with E-state index in [0.29, 0.717) is 0 Å². The van der Waals surface area contributed by atoms with Crippen LogP contribution in [-0.4, -0.2) is 20.1 Å². The Bertz CT molecular complexity index is 609. The van der Waals surface area contributed by atoms with Crippen molar-refractivity contribution in [2.24, 2.45) is 5.73 Å². The Morgan fingerprint density at radius 3 is 2.91 bits per heavy atom. The minimum absolute atomic E-state index is 0.221. The minimum atomic E-state index is -0.221. The predicted octanol–water partition coefficient (Wildman–Crippen LogP) is 3.77. The fourth-order valence-electron chi connectivity index (χ4n) is 3.21. The summed E-state index contributed by atoms with van der Waals surface area (Å²) < 4.78 is 0. The Morgan fingerprint density at radius 2 is 2.14 bits per heavy atom. The summed E-state index contributed by atoms with van der Waals surface area (Å²) in [5.41, 5.74) is 11.6. The zero-order chi connectivity index (χ0) is 15.4. The van der Waals surface area contributed by atoms with Gasteiger partial charge in [-0.25, -0.2) is 0 Å². The van der Waals surface area contributed by atoms with E-state index in [4.69, 9.17) is 5.73 Å². The van der Waals surface area contributed by atoms with Crippen molar-refractivity contribution in [2.75, 3.05) is 25.5 Å². The van der Waals surface area contributed by atoms with Crippen LogP contribution in [-0.2, 0) is 5.54 Å². The highest BCUT2D eigenvalue weighted by Crippen LogP contribution is 2.39. The molecule has 0 amide bonds. The van der Waals surface area contributed by atoms with Crippen molar-refractivity contribution in [2.45, 2.75) is 31.2 Å². The van der Waals surface area contributed by atoms with Crippen LogP contribution in [0.25, 0.3) is 11.1 Å². The first-order chi connectivity index (χ1) is 10.7. The largest absolute Gasteiger partial charge is 0.383 e. The third-order valence-corrected chi connectivity index (χ3v) is 5.24. The van der Waals surface area contributed by atoms with E-state index in [1.54, 1.807) is 11.3 Å². The summed E-state index contributed by atoms with van der Waals surface area (Å²) >= 11 is 1.74. The molecule has 1 aliphatic heterocycles. The van der Waals surface area contributed by atoms with Gasteiger partial charge in [0.2, 0.25) is 0 Å². The van der Waals surface area contributed by atoms with Crippen LogP contribution in [0.2, 0.25) is 0 Å². The number of fused-ring (bicyclic) bond motifs is 1. The second-order valence-corrected chi connectivity index (χ2v) is 6.98. The van der Waals surface area contributed by atoms with Crippen LogP contribution in [0.3, 0.4) is 0 Å². The molecule has 1 aliphatic rings. The Hall–Kier alpha value is -1.36. The summed E-state index contributed by atoms with van der Waals surface area (Å²) in [6, 6.07) is 8.82. The van der Waals surface area contributed by atoms with Gasteiger partial charge in [-0.3, -0.25) is 0 Å². The number of hydrogen-bond acceptors (Lipinski definition) is 4. The lowest BCUT2D eigenvalue weighted by atomic mass is 9.86. The standard InChI is InChI=1S/C18H25N3S/c1-20-9-4-2-3-8-18(19)13-21-17-6-5-14(11-16(17)18)15-7-10-22-12-15/h5-7,10-12,20-21H,2-4,8-9,13,19H2,1H3. The quantitative estimate of drug-likeness (QED) is 0.682. The first kappa shape index (κ1) is 15.5. The first-order valence-corrected chi connectivity index (χ1v) is 9.02. The summed E-state index contributed by atoms with van der Waals surface area (Å²) in [6.07, 6.45) is 4.69. The zero-order valence-corrected chi connectivity index (χ0v) is 14.0. The topological polar surface area (TPSA) is 50.1 Å².